The Kier molecular flexibility index (Phi) is 5.67. The molecule has 2 aliphatic carbocycles. The van der Waals surface area contributed by atoms with Crippen molar-refractivity contribution >= 4 is 0 Å². The molecule has 0 spiro atoms. The molecule has 0 aromatic carbocycles. The molecule has 0 bridgehead atoms. The molecule has 0 aliphatic heterocycles. The minimum atomic E-state index is 0.294. The van der Waals surface area contributed by atoms with Gasteiger partial charge in [-0.05, 0) is 31.1 Å². The van der Waals surface area contributed by atoms with Gasteiger partial charge in [0.25, 0.3) is 0 Å². The van der Waals surface area contributed by atoms with Crippen LogP contribution in [0.4, 0.5) is 0 Å². The molecule has 0 heterocycles. The molecule has 0 aromatic rings. The van der Waals surface area contributed by atoms with Crippen LogP contribution in [-0.2, 0) is 0 Å². The summed E-state index contributed by atoms with van der Waals surface area (Å²) in [6.45, 7) is 8.07. The van der Waals surface area contributed by atoms with Crippen LogP contribution >= 0.6 is 0 Å². The average Bonchev–Trinajstić information content (AvgIpc) is 3.21. The van der Waals surface area contributed by atoms with Crippen molar-refractivity contribution in [1.29, 1.82) is 0 Å². The van der Waals surface area contributed by atoms with E-state index >= 15 is 0 Å². The van der Waals surface area contributed by atoms with E-state index < -0.39 is 0 Å². The smallest absolute Gasteiger partial charge is 0.0558 e. The third-order valence-electron chi connectivity index (χ3n) is 4.56. The molecule has 0 saturated heterocycles. The largest absolute Gasteiger partial charge is 0.395 e. The molecule has 0 radical (unpaired) electrons. The van der Waals surface area contributed by atoms with Crippen molar-refractivity contribution in [2.75, 3.05) is 26.2 Å². The third kappa shape index (κ3) is 5.41. The zero-order chi connectivity index (χ0) is 13.7. The number of aliphatic hydroxyl groups excluding tert-OH is 1. The number of aliphatic hydroxyl groups is 1. The van der Waals surface area contributed by atoms with E-state index in [1.54, 1.807) is 0 Å². The van der Waals surface area contributed by atoms with Gasteiger partial charge in [-0.15, -0.1) is 0 Å². The number of hydrogen-bond acceptors (Lipinski definition) is 3. The first-order valence-electron chi connectivity index (χ1n) is 8.19. The maximum atomic E-state index is 9.33. The van der Waals surface area contributed by atoms with Crippen molar-refractivity contribution in [2.24, 2.45) is 5.41 Å². The molecule has 3 heteroatoms. The Morgan fingerprint density at radius 3 is 2.37 bits per heavy atom. The molecule has 0 amide bonds. The maximum Gasteiger partial charge on any atom is 0.0558 e. The van der Waals surface area contributed by atoms with Gasteiger partial charge in [-0.25, -0.2) is 0 Å². The molecule has 0 unspecified atom stereocenters. The Hall–Kier alpha value is -0.120. The summed E-state index contributed by atoms with van der Waals surface area (Å²) in [4.78, 5) is 2.55. The van der Waals surface area contributed by atoms with Gasteiger partial charge in [0.05, 0.1) is 6.61 Å². The zero-order valence-corrected chi connectivity index (χ0v) is 12.8. The Bertz CT molecular complexity index is 257. The van der Waals surface area contributed by atoms with Gasteiger partial charge in [-0.2, -0.15) is 0 Å². The Balaban J connectivity index is 1.82. The fraction of sp³-hybridized carbons (Fsp3) is 1.00. The quantitative estimate of drug-likeness (QED) is 0.709. The number of nitrogens with zero attached hydrogens (tertiary/aromatic N) is 1. The average molecular weight is 268 g/mol. The van der Waals surface area contributed by atoms with E-state index in [2.05, 4.69) is 24.1 Å². The first kappa shape index (κ1) is 15.3. The van der Waals surface area contributed by atoms with Gasteiger partial charge in [-0.1, -0.05) is 33.1 Å². The lowest BCUT2D eigenvalue weighted by atomic mass is 9.89. The monoisotopic (exact) mass is 268 g/mol. The Labute approximate surface area is 118 Å². The second kappa shape index (κ2) is 7.05. The van der Waals surface area contributed by atoms with Crippen molar-refractivity contribution in [3.63, 3.8) is 0 Å². The molecule has 3 nitrogen and oxygen atoms in total. The van der Waals surface area contributed by atoms with Crippen molar-refractivity contribution in [3.05, 3.63) is 0 Å². The minimum Gasteiger partial charge on any atom is -0.395 e. The third-order valence-corrected chi connectivity index (χ3v) is 4.56. The number of nitrogens with one attached hydrogen (secondary N) is 1. The molecular formula is C16H32N2O. The lowest BCUT2D eigenvalue weighted by molar-refractivity contribution is 0.0824. The highest BCUT2D eigenvalue weighted by Crippen LogP contribution is 2.27. The van der Waals surface area contributed by atoms with Gasteiger partial charge >= 0.3 is 0 Å². The van der Waals surface area contributed by atoms with Crippen LogP contribution in [-0.4, -0.2) is 48.3 Å². The van der Waals surface area contributed by atoms with Crippen LogP contribution in [0.15, 0.2) is 0 Å². The van der Waals surface area contributed by atoms with Gasteiger partial charge in [0.15, 0.2) is 0 Å². The fourth-order valence-corrected chi connectivity index (χ4v) is 3.28. The van der Waals surface area contributed by atoms with Gasteiger partial charge in [0, 0.05) is 31.7 Å². The lowest BCUT2D eigenvalue weighted by Gasteiger charge is -2.39. The first-order chi connectivity index (χ1) is 9.11. The van der Waals surface area contributed by atoms with E-state index in [9.17, 15) is 5.11 Å². The van der Waals surface area contributed by atoms with Gasteiger partial charge in [-0.3, -0.25) is 4.90 Å². The van der Waals surface area contributed by atoms with Crippen molar-refractivity contribution in [3.8, 4) is 0 Å². The Morgan fingerprint density at radius 2 is 1.79 bits per heavy atom. The van der Waals surface area contributed by atoms with Crippen LogP contribution < -0.4 is 5.32 Å². The molecule has 2 rings (SSSR count). The standard InChI is InChI=1S/C16H32N2O/c1-16(2,12-17-14-8-9-14)13-18(10-11-19)15-6-4-3-5-7-15/h14-15,17,19H,3-13H2,1-2H3. The molecule has 2 aliphatic rings. The second-order valence-corrected chi connectivity index (χ2v) is 7.31. The molecule has 19 heavy (non-hydrogen) atoms. The van der Waals surface area contributed by atoms with E-state index in [0.29, 0.717) is 18.1 Å². The summed E-state index contributed by atoms with van der Waals surface area (Å²) in [5.74, 6) is 0. The van der Waals surface area contributed by atoms with Crippen LogP contribution in [0.1, 0.15) is 58.8 Å². The highest BCUT2D eigenvalue weighted by molar-refractivity contribution is 4.87. The van der Waals surface area contributed by atoms with E-state index in [4.69, 9.17) is 0 Å². The van der Waals surface area contributed by atoms with Crippen molar-refractivity contribution in [2.45, 2.75) is 70.9 Å². The summed E-state index contributed by atoms with van der Waals surface area (Å²) in [5, 5.41) is 13.0. The molecule has 2 fully saturated rings. The summed E-state index contributed by atoms with van der Waals surface area (Å²) >= 11 is 0. The van der Waals surface area contributed by atoms with Crippen LogP contribution in [0.5, 0.6) is 0 Å². The highest BCUT2D eigenvalue weighted by atomic mass is 16.3. The number of hydrogen-bond donors (Lipinski definition) is 2. The second-order valence-electron chi connectivity index (χ2n) is 7.31. The molecule has 2 saturated carbocycles. The van der Waals surface area contributed by atoms with E-state index in [-0.39, 0.29) is 0 Å². The van der Waals surface area contributed by atoms with Crippen LogP contribution in [0.2, 0.25) is 0 Å². The first-order valence-corrected chi connectivity index (χ1v) is 8.19. The summed E-state index contributed by atoms with van der Waals surface area (Å²) in [6.07, 6.45) is 9.51. The summed E-state index contributed by atoms with van der Waals surface area (Å²) in [6, 6.07) is 1.50. The van der Waals surface area contributed by atoms with Crippen LogP contribution in [0, 0.1) is 5.41 Å². The molecule has 112 valence electrons. The molecule has 0 atom stereocenters. The topological polar surface area (TPSA) is 35.5 Å². The summed E-state index contributed by atoms with van der Waals surface area (Å²) in [5.41, 5.74) is 0.301. The predicted molar refractivity (Wildman–Crippen MR) is 80.3 cm³/mol. The van der Waals surface area contributed by atoms with Gasteiger partial charge < -0.3 is 10.4 Å². The minimum absolute atomic E-state index is 0.294. The fourth-order valence-electron chi connectivity index (χ4n) is 3.28. The predicted octanol–water partition coefficient (Wildman–Crippen LogP) is 2.39. The van der Waals surface area contributed by atoms with Crippen molar-refractivity contribution in [1.82, 2.24) is 10.2 Å². The normalized spacial score (nSPS) is 22.1. The van der Waals surface area contributed by atoms with Crippen LogP contribution in [0.25, 0.3) is 0 Å². The van der Waals surface area contributed by atoms with Crippen LogP contribution in [0.3, 0.4) is 0 Å². The zero-order valence-electron chi connectivity index (χ0n) is 12.8. The number of rotatable bonds is 8. The van der Waals surface area contributed by atoms with E-state index in [1.807, 2.05) is 0 Å². The van der Waals surface area contributed by atoms with E-state index in [1.165, 1.54) is 44.9 Å². The Morgan fingerprint density at radius 1 is 1.11 bits per heavy atom. The van der Waals surface area contributed by atoms with Gasteiger partial charge in [0.2, 0.25) is 0 Å². The molecule has 0 aromatic heterocycles. The summed E-state index contributed by atoms with van der Waals surface area (Å²) < 4.78 is 0. The summed E-state index contributed by atoms with van der Waals surface area (Å²) in [7, 11) is 0. The molecular weight excluding hydrogens is 236 g/mol. The highest BCUT2D eigenvalue weighted by Gasteiger charge is 2.29. The SMILES string of the molecule is CC(C)(CNC1CC1)CN(CCO)C1CCCCC1. The lowest BCUT2D eigenvalue weighted by Crippen LogP contribution is -2.47. The van der Waals surface area contributed by atoms with E-state index in [0.717, 1.165) is 25.7 Å². The maximum absolute atomic E-state index is 9.33. The van der Waals surface area contributed by atoms with Crippen molar-refractivity contribution < 1.29 is 5.11 Å². The van der Waals surface area contributed by atoms with Gasteiger partial charge in [0.1, 0.15) is 0 Å². The molecule has 2 N–H and O–H groups in total.